The van der Waals surface area contributed by atoms with Crippen LogP contribution in [0.2, 0.25) is 5.02 Å². The van der Waals surface area contributed by atoms with E-state index in [1.807, 2.05) is 50.2 Å². The normalized spacial score (nSPS) is 15.7. The van der Waals surface area contributed by atoms with Crippen molar-refractivity contribution in [2.75, 3.05) is 6.79 Å². The van der Waals surface area contributed by atoms with Gasteiger partial charge in [-0.25, -0.2) is 0 Å². The Balaban J connectivity index is 1.40. The topological polar surface area (TPSA) is 54.0 Å². The molecule has 0 atom stereocenters. The maximum Gasteiger partial charge on any atom is 0.231 e. The SMILES string of the molecule is Cc1cccc(/C=C2\Oc3c(ccc(OCc4cc(Cl)cc5c4OCOC5)c3C)C2=O)c1. The molecule has 0 aromatic heterocycles. The molecular formula is C26H21ClO5. The van der Waals surface area contributed by atoms with Crippen molar-refractivity contribution in [3.63, 3.8) is 0 Å². The van der Waals surface area contributed by atoms with Gasteiger partial charge in [-0.3, -0.25) is 4.79 Å². The number of carbonyl (C=O) groups is 1. The van der Waals surface area contributed by atoms with E-state index < -0.39 is 0 Å². The number of ether oxygens (including phenoxy) is 4. The fourth-order valence-corrected chi connectivity index (χ4v) is 4.22. The predicted molar refractivity (Wildman–Crippen MR) is 121 cm³/mol. The Hall–Kier alpha value is -3.28. The molecule has 0 saturated carbocycles. The van der Waals surface area contributed by atoms with Crippen molar-refractivity contribution < 1.29 is 23.7 Å². The first-order valence-electron chi connectivity index (χ1n) is 10.3. The van der Waals surface area contributed by atoms with Crippen LogP contribution in [0.4, 0.5) is 0 Å². The Morgan fingerprint density at radius 1 is 1.09 bits per heavy atom. The quantitative estimate of drug-likeness (QED) is 0.457. The molecule has 2 aliphatic heterocycles. The minimum absolute atomic E-state index is 0.131. The summed E-state index contributed by atoms with van der Waals surface area (Å²) in [5.74, 6) is 2.09. The molecule has 0 radical (unpaired) electrons. The molecule has 162 valence electrons. The van der Waals surface area contributed by atoms with Crippen molar-refractivity contribution in [2.24, 2.45) is 0 Å². The number of aryl methyl sites for hydroxylation is 1. The van der Waals surface area contributed by atoms with Gasteiger partial charge in [0.25, 0.3) is 0 Å². The maximum absolute atomic E-state index is 12.8. The van der Waals surface area contributed by atoms with Gasteiger partial charge in [-0.15, -0.1) is 0 Å². The average Bonchev–Trinajstić information content (AvgIpc) is 3.09. The molecule has 0 aliphatic carbocycles. The summed E-state index contributed by atoms with van der Waals surface area (Å²) < 4.78 is 23.0. The van der Waals surface area contributed by atoms with Crippen LogP contribution >= 0.6 is 11.6 Å². The third kappa shape index (κ3) is 3.85. The van der Waals surface area contributed by atoms with Gasteiger partial charge in [0.1, 0.15) is 23.9 Å². The second-order valence-electron chi connectivity index (χ2n) is 7.87. The van der Waals surface area contributed by atoms with Crippen LogP contribution in [0.1, 0.15) is 38.2 Å². The lowest BCUT2D eigenvalue weighted by molar-refractivity contribution is -0.0175. The zero-order valence-corrected chi connectivity index (χ0v) is 18.5. The van der Waals surface area contributed by atoms with E-state index in [4.69, 9.17) is 30.5 Å². The number of hydrogen-bond donors (Lipinski definition) is 0. The summed E-state index contributed by atoms with van der Waals surface area (Å²) in [6.07, 6.45) is 1.77. The molecular weight excluding hydrogens is 428 g/mol. The van der Waals surface area contributed by atoms with Gasteiger partial charge >= 0.3 is 0 Å². The largest absolute Gasteiger partial charge is 0.488 e. The van der Waals surface area contributed by atoms with Crippen LogP contribution in [-0.4, -0.2) is 12.6 Å². The standard InChI is InChI=1S/C26H21ClO5/c1-15-4-3-5-17(8-15)9-23-24(28)21-6-7-22(16(2)25(21)32-23)30-13-19-11-20(27)10-18-12-29-14-31-26(18)19/h3-11H,12-14H2,1-2H3/b23-9-. The maximum atomic E-state index is 12.8. The lowest BCUT2D eigenvalue weighted by atomic mass is 10.1. The molecule has 0 unspecified atom stereocenters. The van der Waals surface area contributed by atoms with Crippen LogP contribution < -0.4 is 14.2 Å². The summed E-state index contributed by atoms with van der Waals surface area (Å²) in [6.45, 7) is 4.81. The van der Waals surface area contributed by atoms with E-state index in [1.165, 1.54) is 0 Å². The van der Waals surface area contributed by atoms with Gasteiger partial charge in [-0.2, -0.15) is 0 Å². The summed E-state index contributed by atoms with van der Waals surface area (Å²) in [5, 5.41) is 0.599. The molecule has 2 heterocycles. The summed E-state index contributed by atoms with van der Waals surface area (Å²) >= 11 is 6.25. The monoisotopic (exact) mass is 448 g/mol. The molecule has 6 heteroatoms. The van der Waals surface area contributed by atoms with Crippen LogP contribution in [0, 0.1) is 13.8 Å². The zero-order valence-electron chi connectivity index (χ0n) is 17.7. The first-order chi connectivity index (χ1) is 15.5. The van der Waals surface area contributed by atoms with Gasteiger partial charge in [-0.05, 0) is 49.8 Å². The molecule has 0 amide bonds. The number of rotatable bonds is 4. The smallest absolute Gasteiger partial charge is 0.231 e. The molecule has 0 saturated heterocycles. The zero-order chi connectivity index (χ0) is 22.2. The molecule has 5 rings (SSSR count). The van der Waals surface area contributed by atoms with Gasteiger partial charge in [-0.1, -0.05) is 41.4 Å². The van der Waals surface area contributed by atoms with Gasteiger partial charge in [0.2, 0.25) is 5.78 Å². The van der Waals surface area contributed by atoms with Crippen molar-refractivity contribution >= 4 is 23.5 Å². The number of ketones is 1. The third-order valence-electron chi connectivity index (χ3n) is 5.51. The van der Waals surface area contributed by atoms with Gasteiger partial charge in [0, 0.05) is 21.7 Å². The molecule has 3 aromatic rings. The van der Waals surface area contributed by atoms with E-state index in [-0.39, 0.29) is 19.2 Å². The lowest BCUT2D eigenvalue weighted by Gasteiger charge is -2.21. The first kappa shape index (κ1) is 20.6. The first-order valence-corrected chi connectivity index (χ1v) is 10.7. The number of allylic oxidation sites excluding steroid dienone is 1. The third-order valence-corrected chi connectivity index (χ3v) is 5.73. The Labute approximate surface area is 191 Å². The number of benzene rings is 3. The lowest BCUT2D eigenvalue weighted by Crippen LogP contribution is -2.14. The van der Waals surface area contributed by atoms with Crippen molar-refractivity contribution in [3.8, 4) is 17.2 Å². The van der Waals surface area contributed by atoms with Crippen molar-refractivity contribution in [1.82, 2.24) is 0 Å². The molecule has 32 heavy (non-hydrogen) atoms. The Morgan fingerprint density at radius 3 is 2.81 bits per heavy atom. The predicted octanol–water partition coefficient (Wildman–Crippen LogP) is 6.02. The molecule has 0 spiro atoms. The van der Waals surface area contributed by atoms with Crippen molar-refractivity contribution in [1.29, 1.82) is 0 Å². The number of hydrogen-bond acceptors (Lipinski definition) is 5. The van der Waals surface area contributed by atoms with E-state index >= 15 is 0 Å². The highest BCUT2D eigenvalue weighted by atomic mass is 35.5. The Kier molecular flexibility index (Phi) is 5.37. The minimum Gasteiger partial charge on any atom is -0.488 e. The van der Waals surface area contributed by atoms with Gasteiger partial charge in [0.05, 0.1) is 12.2 Å². The summed E-state index contributed by atoms with van der Waals surface area (Å²) in [5.41, 5.74) is 5.08. The van der Waals surface area contributed by atoms with E-state index in [2.05, 4.69) is 0 Å². The van der Waals surface area contributed by atoms with Crippen molar-refractivity contribution in [2.45, 2.75) is 27.1 Å². The fraction of sp³-hybridized carbons (Fsp3) is 0.192. The minimum atomic E-state index is -0.131. The Morgan fingerprint density at radius 2 is 1.97 bits per heavy atom. The van der Waals surface area contributed by atoms with Gasteiger partial charge in [0.15, 0.2) is 12.6 Å². The van der Waals surface area contributed by atoms with Crippen LogP contribution in [-0.2, 0) is 18.0 Å². The number of fused-ring (bicyclic) bond motifs is 2. The highest BCUT2D eigenvalue weighted by molar-refractivity contribution is 6.30. The second-order valence-corrected chi connectivity index (χ2v) is 8.31. The molecule has 0 fully saturated rings. The molecule has 0 bridgehead atoms. The number of halogens is 1. The second kappa shape index (κ2) is 8.34. The number of carbonyl (C=O) groups excluding carboxylic acids is 1. The van der Waals surface area contributed by atoms with Crippen molar-refractivity contribution in [3.05, 3.63) is 92.7 Å². The highest BCUT2D eigenvalue weighted by Crippen LogP contribution is 2.40. The van der Waals surface area contributed by atoms with Crippen LogP contribution in [0.15, 0.2) is 54.3 Å². The molecule has 5 nitrogen and oxygen atoms in total. The summed E-state index contributed by atoms with van der Waals surface area (Å²) in [6, 6.07) is 15.1. The van der Waals surface area contributed by atoms with Crippen LogP contribution in [0.5, 0.6) is 17.2 Å². The average molecular weight is 449 g/mol. The molecule has 3 aromatic carbocycles. The summed E-state index contributed by atoms with van der Waals surface area (Å²) in [7, 11) is 0. The van der Waals surface area contributed by atoms with E-state index in [9.17, 15) is 4.79 Å². The molecule has 0 N–H and O–H groups in total. The van der Waals surface area contributed by atoms with Gasteiger partial charge < -0.3 is 18.9 Å². The highest BCUT2D eigenvalue weighted by Gasteiger charge is 2.30. The van der Waals surface area contributed by atoms with E-state index in [0.717, 1.165) is 33.6 Å². The van der Waals surface area contributed by atoms with E-state index in [1.54, 1.807) is 18.2 Å². The fourth-order valence-electron chi connectivity index (χ4n) is 3.96. The van der Waals surface area contributed by atoms with Crippen LogP contribution in [0.3, 0.4) is 0 Å². The number of Topliss-reactive ketones (excluding diaryl/α,β-unsaturated/α-hetero) is 1. The molecule has 2 aliphatic rings. The van der Waals surface area contributed by atoms with Crippen LogP contribution in [0.25, 0.3) is 6.08 Å². The Bertz CT molecular complexity index is 1260. The summed E-state index contributed by atoms with van der Waals surface area (Å²) in [4.78, 5) is 12.8. The van der Waals surface area contributed by atoms with E-state index in [0.29, 0.717) is 34.5 Å².